The van der Waals surface area contributed by atoms with E-state index in [1.165, 1.54) is 12.1 Å². The first kappa shape index (κ1) is 22.2. The van der Waals surface area contributed by atoms with E-state index in [0.29, 0.717) is 34.1 Å². The second-order valence-corrected chi connectivity index (χ2v) is 8.77. The normalized spacial score (nSPS) is 17.8. The number of fused-ring (bicyclic) bond motifs is 2. The number of aromatic nitrogens is 1. The van der Waals surface area contributed by atoms with Crippen LogP contribution in [0.5, 0.6) is 5.75 Å². The van der Waals surface area contributed by atoms with Crippen molar-refractivity contribution in [3.63, 3.8) is 0 Å². The van der Waals surface area contributed by atoms with E-state index in [-0.39, 0.29) is 17.9 Å². The highest BCUT2D eigenvalue weighted by Crippen LogP contribution is 2.50. The second-order valence-electron chi connectivity index (χ2n) is 8.77. The van der Waals surface area contributed by atoms with Crippen LogP contribution in [-0.2, 0) is 17.6 Å². The summed E-state index contributed by atoms with van der Waals surface area (Å²) in [6.45, 7) is -0.380. The standard InChI is InChI=1S/C25H21F3N2O4/c26-25(27,28)17-3-5-19-15(12-24(6-1-7-24)34-21(19)10-17)9-22(32)29-18-4-2-14-8-16(13-31)23(33)30-20(14)11-18/h2-5,8-11,31H,1,6-7,12-13H2,(H,29,32)(H,30,33)/b15-9+. The van der Waals surface area contributed by atoms with Crippen LogP contribution >= 0.6 is 0 Å². The highest BCUT2D eigenvalue weighted by atomic mass is 19.4. The summed E-state index contributed by atoms with van der Waals surface area (Å²) in [5.74, 6) is -0.298. The van der Waals surface area contributed by atoms with E-state index in [2.05, 4.69) is 10.3 Å². The van der Waals surface area contributed by atoms with Gasteiger partial charge in [0, 0.05) is 29.3 Å². The summed E-state index contributed by atoms with van der Waals surface area (Å²) in [5.41, 5.74) is 0.497. The fourth-order valence-electron chi connectivity index (χ4n) is 4.52. The van der Waals surface area contributed by atoms with Crippen molar-refractivity contribution in [2.24, 2.45) is 0 Å². The number of aromatic amines is 1. The lowest BCUT2D eigenvalue weighted by atomic mass is 9.72. The smallest absolute Gasteiger partial charge is 0.416 e. The quantitative estimate of drug-likeness (QED) is 0.481. The lowest BCUT2D eigenvalue weighted by molar-refractivity contribution is -0.138. The van der Waals surface area contributed by atoms with E-state index in [1.54, 1.807) is 24.3 Å². The van der Waals surface area contributed by atoms with E-state index in [4.69, 9.17) is 4.74 Å². The van der Waals surface area contributed by atoms with Crippen LogP contribution in [-0.4, -0.2) is 21.6 Å². The predicted molar refractivity (Wildman–Crippen MR) is 120 cm³/mol. The highest BCUT2D eigenvalue weighted by Gasteiger charge is 2.44. The number of aliphatic hydroxyl groups excluding tert-OH is 1. The molecule has 3 aromatic rings. The summed E-state index contributed by atoms with van der Waals surface area (Å²) >= 11 is 0. The van der Waals surface area contributed by atoms with Gasteiger partial charge in [0.2, 0.25) is 5.91 Å². The van der Waals surface area contributed by atoms with Crippen LogP contribution in [0, 0.1) is 0 Å². The topological polar surface area (TPSA) is 91.4 Å². The van der Waals surface area contributed by atoms with Gasteiger partial charge in [0.1, 0.15) is 11.4 Å². The molecule has 0 radical (unpaired) electrons. The lowest BCUT2D eigenvalue weighted by Gasteiger charge is -2.46. The number of carbonyl (C=O) groups excluding carboxylic acids is 1. The number of H-pyrrole nitrogens is 1. The Balaban J connectivity index is 1.45. The van der Waals surface area contributed by atoms with E-state index < -0.39 is 28.8 Å². The van der Waals surface area contributed by atoms with Crippen molar-refractivity contribution in [2.75, 3.05) is 5.32 Å². The molecule has 1 saturated carbocycles. The number of benzene rings is 2. The number of ether oxygens (including phenoxy) is 1. The first-order valence-electron chi connectivity index (χ1n) is 10.8. The Hall–Kier alpha value is -3.59. The third kappa shape index (κ3) is 4.07. The third-order valence-electron chi connectivity index (χ3n) is 6.42. The lowest BCUT2D eigenvalue weighted by Crippen LogP contribution is -2.45. The van der Waals surface area contributed by atoms with Crippen molar-refractivity contribution in [1.29, 1.82) is 0 Å². The van der Waals surface area contributed by atoms with Crippen molar-refractivity contribution < 1.29 is 27.8 Å². The molecule has 0 unspecified atom stereocenters. The van der Waals surface area contributed by atoms with Crippen LogP contribution in [0.1, 0.15) is 42.4 Å². The van der Waals surface area contributed by atoms with Gasteiger partial charge in [0.05, 0.1) is 17.7 Å². The minimum Gasteiger partial charge on any atom is -0.486 e. The van der Waals surface area contributed by atoms with Gasteiger partial charge < -0.3 is 20.1 Å². The molecule has 0 atom stereocenters. The van der Waals surface area contributed by atoms with Gasteiger partial charge in [-0.2, -0.15) is 13.2 Å². The molecule has 5 rings (SSSR count). The highest BCUT2D eigenvalue weighted by molar-refractivity contribution is 6.05. The maximum Gasteiger partial charge on any atom is 0.416 e. The molecule has 6 nitrogen and oxygen atoms in total. The predicted octanol–water partition coefficient (Wildman–Crippen LogP) is 4.77. The van der Waals surface area contributed by atoms with E-state index in [9.17, 15) is 27.9 Å². The molecule has 0 saturated heterocycles. The van der Waals surface area contributed by atoms with Gasteiger partial charge in [0.15, 0.2) is 0 Å². The number of aliphatic hydroxyl groups is 1. The van der Waals surface area contributed by atoms with Gasteiger partial charge in [-0.05, 0) is 60.6 Å². The molecule has 2 aliphatic rings. The van der Waals surface area contributed by atoms with Crippen LogP contribution in [0.4, 0.5) is 18.9 Å². The Morgan fingerprint density at radius 2 is 1.97 bits per heavy atom. The molecule has 1 spiro atoms. The Morgan fingerprint density at radius 1 is 1.18 bits per heavy atom. The summed E-state index contributed by atoms with van der Waals surface area (Å²) in [6, 6.07) is 9.90. The molecule has 2 heterocycles. The second kappa shape index (κ2) is 8.02. The molecule has 1 aliphatic heterocycles. The SMILES string of the molecule is O=C(/C=C1\CC2(CCC2)Oc2cc(C(F)(F)F)ccc21)Nc1ccc2cc(CO)c(=O)[nH]c2c1. The molecule has 1 aliphatic carbocycles. The Labute approximate surface area is 192 Å². The molecule has 1 aromatic heterocycles. The van der Waals surface area contributed by atoms with Crippen molar-refractivity contribution in [1.82, 2.24) is 4.98 Å². The molecule has 3 N–H and O–H groups in total. The van der Waals surface area contributed by atoms with Crippen molar-refractivity contribution in [3.8, 4) is 5.75 Å². The maximum absolute atomic E-state index is 13.2. The zero-order valence-electron chi connectivity index (χ0n) is 18.0. The van der Waals surface area contributed by atoms with Crippen molar-refractivity contribution in [3.05, 3.63) is 75.6 Å². The minimum atomic E-state index is -4.49. The number of hydrogen-bond acceptors (Lipinski definition) is 4. The van der Waals surface area contributed by atoms with Gasteiger partial charge >= 0.3 is 6.18 Å². The summed E-state index contributed by atoms with van der Waals surface area (Å²) in [5, 5.41) is 12.7. The van der Waals surface area contributed by atoms with Crippen LogP contribution in [0.2, 0.25) is 0 Å². The first-order chi connectivity index (χ1) is 16.2. The van der Waals surface area contributed by atoms with Gasteiger partial charge in [-0.15, -0.1) is 0 Å². The van der Waals surface area contributed by atoms with Gasteiger partial charge in [0.25, 0.3) is 5.56 Å². The number of anilines is 1. The Bertz CT molecular complexity index is 1390. The molecule has 176 valence electrons. The summed E-state index contributed by atoms with van der Waals surface area (Å²) in [7, 11) is 0. The maximum atomic E-state index is 13.2. The molecule has 1 amide bonds. The van der Waals surface area contributed by atoms with Crippen molar-refractivity contribution in [2.45, 2.75) is 44.1 Å². The average molecular weight is 470 g/mol. The Morgan fingerprint density at radius 3 is 2.65 bits per heavy atom. The van der Waals surface area contributed by atoms with Crippen LogP contribution < -0.4 is 15.6 Å². The summed E-state index contributed by atoms with van der Waals surface area (Å²) in [6.07, 6.45) is -0.296. The fourth-order valence-corrected chi connectivity index (χ4v) is 4.52. The fraction of sp³-hybridized carbons (Fsp3) is 0.280. The average Bonchev–Trinajstić information content (AvgIpc) is 2.76. The van der Waals surface area contributed by atoms with Crippen molar-refractivity contribution >= 4 is 28.1 Å². The van der Waals surface area contributed by atoms with Gasteiger partial charge in [-0.25, -0.2) is 0 Å². The molecular formula is C25H21F3N2O4. The van der Waals surface area contributed by atoms with Crippen LogP contribution in [0.25, 0.3) is 16.5 Å². The van der Waals surface area contributed by atoms with Gasteiger partial charge in [-0.1, -0.05) is 12.1 Å². The zero-order chi connectivity index (χ0) is 24.1. The monoisotopic (exact) mass is 470 g/mol. The number of halogens is 3. The van der Waals surface area contributed by atoms with E-state index in [1.807, 2.05) is 0 Å². The number of hydrogen-bond donors (Lipinski definition) is 3. The number of carbonyl (C=O) groups is 1. The number of alkyl halides is 3. The number of rotatable bonds is 3. The number of nitrogens with one attached hydrogen (secondary N) is 2. The molecule has 2 aromatic carbocycles. The molecule has 9 heteroatoms. The Kier molecular flexibility index (Phi) is 5.24. The summed E-state index contributed by atoms with van der Waals surface area (Å²) in [4.78, 5) is 27.5. The third-order valence-corrected chi connectivity index (χ3v) is 6.42. The molecular weight excluding hydrogens is 449 g/mol. The minimum absolute atomic E-state index is 0.141. The number of pyridine rings is 1. The van der Waals surface area contributed by atoms with Crippen LogP contribution in [0.15, 0.2) is 53.3 Å². The first-order valence-corrected chi connectivity index (χ1v) is 10.8. The molecule has 1 fully saturated rings. The van der Waals surface area contributed by atoms with E-state index in [0.717, 1.165) is 31.4 Å². The molecule has 0 bridgehead atoms. The zero-order valence-corrected chi connectivity index (χ0v) is 18.0. The molecule has 34 heavy (non-hydrogen) atoms. The van der Waals surface area contributed by atoms with Crippen LogP contribution in [0.3, 0.4) is 0 Å². The summed E-state index contributed by atoms with van der Waals surface area (Å²) < 4.78 is 45.6. The van der Waals surface area contributed by atoms with Gasteiger partial charge in [-0.3, -0.25) is 9.59 Å². The number of amides is 1. The van der Waals surface area contributed by atoms with E-state index >= 15 is 0 Å². The largest absolute Gasteiger partial charge is 0.486 e.